The minimum absolute atomic E-state index is 0.259. The number of hydrogen-bond donors (Lipinski definition) is 0. The van der Waals surface area contributed by atoms with Gasteiger partial charge in [-0.2, -0.15) is 0 Å². The fourth-order valence-electron chi connectivity index (χ4n) is 2.87. The third-order valence-corrected chi connectivity index (χ3v) is 4.76. The molecule has 1 atom stereocenters. The molecule has 1 aromatic rings. The van der Waals surface area contributed by atoms with Crippen LogP contribution in [-0.4, -0.2) is 38.4 Å². The highest BCUT2D eigenvalue weighted by molar-refractivity contribution is 7.90. The van der Waals surface area contributed by atoms with E-state index in [1.54, 1.807) is 0 Å². The normalized spacial score (nSPS) is 20.2. The van der Waals surface area contributed by atoms with Crippen LogP contribution >= 0.6 is 0 Å². The van der Waals surface area contributed by atoms with E-state index in [1.807, 2.05) is 0 Å². The summed E-state index contributed by atoms with van der Waals surface area (Å²) >= 11 is 0. The van der Waals surface area contributed by atoms with Crippen molar-refractivity contribution in [1.82, 2.24) is 4.90 Å². The number of nitrogens with zero attached hydrogens (tertiary/aromatic N) is 1. The topological polar surface area (TPSA) is 37.4 Å². The van der Waals surface area contributed by atoms with Gasteiger partial charge in [0.2, 0.25) is 0 Å². The smallest absolute Gasteiger partial charge is 0.148 e. The van der Waals surface area contributed by atoms with E-state index in [0.717, 1.165) is 25.8 Å². The molecule has 1 heterocycles. The second-order valence-electron chi connectivity index (χ2n) is 5.42. The molecule has 0 spiro atoms. The third kappa shape index (κ3) is 3.80. The second kappa shape index (κ2) is 6.06. The molecule has 0 aromatic heterocycles. The lowest BCUT2D eigenvalue weighted by Gasteiger charge is -2.37. The summed E-state index contributed by atoms with van der Waals surface area (Å²) in [5.41, 5.74) is 2.82. The molecule has 0 amide bonds. The predicted molar refractivity (Wildman–Crippen MR) is 79.1 cm³/mol. The summed E-state index contributed by atoms with van der Waals surface area (Å²) in [5.74, 6) is 0.259. The lowest BCUT2D eigenvalue weighted by molar-refractivity contribution is 0.185. The van der Waals surface area contributed by atoms with Gasteiger partial charge in [0.05, 0.1) is 5.75 Å². The van der Waals surface area contributed by atoms with E-state index in [1.165, 1.54) is 17.4 Å². The Morgan fingerprint density at radius 3 is 2.74 bits per heavy atom. The van der Waals surface area contributed by atoms with Crippen LogP contribution in [0.3, 0.4) is 0 Å². The zero-order chi connectivity index (χ0) is 13.9. The van der Waals surface area contributed by atoms with E-state index in [-0.39, 0.29) is 5.75 Å². The molecular formula is C15H23NO2S. The summed E-state index contributed by atoms with van der Waals surface area (Å²) in [6.07, 6.45) is 4.56. The van der Waals surface area contributed by atoms with Crippen LogP contribution in [0.5, 0.6) is 0 Å². The predicted octanol–water partition coefficient (Wildman–Crippen LogP) is 2.43. The highest BCUT2D eigenvalue weighted by atomic mass is 32.2. The molecule has 4 heteroatoms. The quantitative estimate of drug-likeness (QED) is 0.832. The monoisotopic (exact) mass is 281 g/mol. The third-order valence-electron chi connectivity index (χ3n) is 3.83. The van der Waals surface area contributed by atoms with Crippen LogP contribution in [0.4, 0.5) is 0 Å². The first-order valence-electron chi connectivity index (χ1n) is 7.01. The SMILES string of the molecule is CCCC1c2ccccc2CCN1CCS(C)(=O)=O. The molecule has 0 aliphatic carbocycles. The van der Waals surface area contributed by atoms with Crippen molar-refractivity contribution in [3.05, 3.63) is 35.4 Å². The van der Waals surface area contributed by atoms with Crippen molar-refractivity contribution < 1.29 is 8.42 Å². The Bertz CT molecular complexity index is 525. The molecule has 1 aromatic carbocycles. The number of hydrogen-bond acceptors (Lipinski definition) is 3. The van der Waals surface area contributed by atoms with Gasteiger partial charge in [0.25, 0.3) is 0 Å². The lowest BCUT2D eigenvalue weighted by atomic mass is 9.90. The molecular weight excluding hydrogens is 258 g/mol. The molecule has 3 nitrogen and oxygen atoms in total. The Morgan fingerprint density at radius 2 is 2.05 bits per heavy atom. The number of rotatable bonds is 5. The van der Waals surface area contributed by atoms with Crippen molar-refractivity contribution in [3.8, 4) is 0 Å². The maximum Gasteiger partial charge on any atom is 0.148 e. The molecule has 0 saturated heterocycles. The molecule has 0 bridgehead atoms. The maximum absolute atomic E-state index is 11.4. The lowest BCUT2D eigenvalue weighted by Crippen LogP contribution is -2.38. The van der Waals surface area contributed by atoms with Crippen molar-refractivity contribution >= 4 is 9.84 Å². The average molecular weight is 281 g/mol. The van der Waals surface area contributed by atoms with Gasteiger partial charge in [-0.3, -0.25) is 4.90 Å². The first-order chi connectivity index (χ1) is 9.01. The Hall–Kier alpha value is -0.870. The zero-order valence-electron chi connectivity index (χ0n) is 11.8. The van der Waals surface area contributed by atoms with Crippen LogP contribution in [0.15, 0.2) is 24.3 Å². The van der Waals surface area contributed by atoms with Gasteiger partial charge in [0, 0.05) is 25.4 Å². The van der Waals surface area contributed by atoms with Gasteiger partial charge in [0.1, 0.15) is 9.84 Å². The molecule has 0 radical (unpaired) electrons. The molecule has 106 valence electrons. The second-order valence-corrected chi connectivity index (χ2v) is 7.68. The van der Waals surface area contributed by atoms with Crippen LogP contribution in [0.2, 0.25) is 0 Å². The summed E-state index contributed by atoms with van der Waals surface area (Å²) < 4.78 is 22.7. The van der Waals surface area contributed by atoms with Crippen molar-refractivity contribution in [2.45, 2.75) is 32.2 Å². The van der Waals surface area contributed by atoms with Gasteiger partial charge < -0.3 is 0 Å². The summed E-state index contributed by atoms with van der Waals surface area (Å²) in [4.78, 5) is 2.34. The van der Waals surface area contributed by atoms with Gasteiger partial charge in [-0.1, -0.05) is 37.6 Å². The van der Waals surface area contributed by atoms with Gasteiger partial charge in [-0.15, -0.1) is 0 Å². The molecule has 2 rings (SSSR count). The largest absolute Gasteiger partial charge is 0.295 e. The Labute approximate surface area is 116 Å². The Morgan fingerprint density at radius 1 is 1.32 bits per heavy atom. The van der Waals surface area contributed by atoms with E-state index in [0.29, 0.717) is 12.6 Å². The van der Waals surface area contributed by atoms with E-state index in [2.05, 4.69) is 36.1 Å². The van der Waals surface area contributed by atoms with Crippen molar-refractivity contribution in [2.24, 2.45) is 0 Å². The van der Waals surface area contributed by atoms with Crippen molar-refractivity contribution in [1.29, 1.82) is 0 Å². The van der Waals surface area contributed by atoms with E-state index >= 15 is 0 Å². The van der Waals surface area contributed by atoms with Gasteiger partial charge in [-0.05, 0) is 24.0 Å². The van der Waals surface area contributed by atoms with Gasteiger partial charge >= 0.3 is 0 Å². The molecule has 1 unspecified atom stereocenters. The Kier molecular flexibility index (Phi) is 4.63. The fraction of sp³-hybridized carbons (Fsp3) is 0.600. The fourth-order valence-corrected chi connectivity index (χ4v) is 3.43. The first-order valence-corrected chi connectivity index (χ1v) is 9.07. The maximum atomic E-state index is 11.4. The standard InChI is InChI=1S/C15H23NO2S/c1-3-6-15-14-8-5-4-7-13(14)9-10-16(15)11-12-19(2,17)18/h4-5,7-8,15H,3,6,9-12H2,1-2H3. The summed E-state index contributed by atoms with van der Waals surface area (Å²) in [6, 6.07) is 8.96. The average Bonchev–Trinajstić information content (AvgIpc) is 2.37. The molecule has 0 saturated carbocycles. The number of benzene rings is 1. The van der Waals surface area contributed by atoms with Gasteiger partial charge in [-0.25, -0.2) is 8.42 Å². The highest BCUT2D eigenvalue weighted by Gasteiger charge is 2.26. The summed E-state index contributed by atoms with van der Waals surface area (Å²) in [6.45, 7) is 3.81. The van der Waals surface area contributed by atoms with Crippen LogP contribution in [0, 0.1) is 0 Å². The van der Waals surface area contributed by atoms with Crippen LogP contribution < -0.4 is 0 Å². The van der Waals surface area contributed by atoms with E-state index in [4.69, 9.17) is 0 Å². The molecule has 0 fully saturated rings. The van der Waals surface area contributed by atoms with Crippen LogP contribution in [-0.2, 0) is 16.3 Å². The van der Waals surface area contributed by atoms with Crippen molar-refractivity contribution in [2.75, 3.05) is 25.1 Å². The van der Waals surface area contributed by atoms with Crippen LogP contribution in [0.1, 0.15) is 36.9 Å². The van der Waals surface area contributed by atoms with Crippen molar-refractivity contribution in [3.63, 3.8) is 0 Å². The summed E-state index contributed by atoms with van der Waals surface area (Å²) in [7, 11) is -2.88. The minimum atomic E-state index is -2.88. The van der Waals surface area contributed by atoms with Crippen LogP contribution in [0.25, 0.3) is 0 Å². The first kappa shape index (κ1) is 14.5. The van der Waals surface area contributed by atoms with Gasteiger partial charge in [0.15, 0.2) is 0 Å². The van der Waals surface area contributed by atoms with E-state index < -0.39 is 9.84 Å². The summed E-state index contributed by atoms with van der Waals surface area (Å²) in [5, 5.41) is 0. The minimum Gasteiger partial charge on any atom is -0.295 e. The molecule has 1 aliphatic heterocycles. The Balaban J connectivity index is 2.17. The molecule has 1 aliphatic rings. The molecule has 0 N–H and O–H groups in total. The van der Waals surface area contributed by atoms with E-state index in [9.17, 15) is 8.42 Å². The highest BCUT2D eigenvalue weighted by Crippen LogP contribution is 2.32. The zero-order valence-corrected chi connectivity index (χ0v) is 12.6. The number of fused-ring (bicyclic) bond motifs is 1. The molecule has 19 heavy (non-hydrogen) atoms. The number of sulfone groups is 1.